The van der Waals surface area contributed by atoms with Crippen LogP contribution in [0, 0.1) is 12.7 Å². The van der Waals surface area contributed by atoms with E-state index in [-0.39, 0.29) is 18.1 Å². The predicted molar refractivity (Wildman–Crippen MR) is 88.7 cm³/mol. The lowest BCUT2D eigenvalue weighted by atomic mass is 9.90. The molecule has 1 aromatic carbocycles. The lowest BCUT2D eigenvalue weighted by Gasteiger charge is -2.42. The third-order valence-electron chi connectivity index (χ3n) is 4.33. The van der Waals surface area contributed by atoms with Crippen LogP contribution in [0.4, 0.5) is 4.39 Å². The van der Waals surface area contributed by atoms with Crippen LogP contribution >= 0.6 is 0 Å². The van der Waals surface area contributed by atoms with Crippen LogP contribution in [0.2, 0.25) is 0 Å². The first kappa shape index (κ1) is 17.3. The fourth-order valence-electron chi connectivity index (χ4n) is 2.73. The van der Waals surface area contributed by atoms with E-state index in [2.05, 4.69) is 9.97 Å². The van der Waals surface area contributed by atoms with Crippen molar-refractivity contribution in [1.82, 2.24) is 14.9 Å². The van der Waals surface area contributed by atoms with Crippen LogP contribution in [0.5, 0.6) is 5.75 Å². The normalized spacial score (nSPS) is 23.4. The summed E-state index contributed by atoms with van der Waals surface area (Å²) < 4.78 is 19.1. The Labute approximate surface area is 145 Å². The zero-order valence-electron chi connectivity index (χ0n) is 14.1. The average Bonchev–Trinajstić information content (AvgIpc) is 2.57. The Morgan fingerprint density at radius 2 is 2.20 bits per heavy atom. The lowest BCUT2D eigenvalue weighted by molar-refractivity contribution is -0.0882. The summed E-state index contributed by atoms with van der Waals surface area (Å²) in [6.45, 7) is 4.01. The molecule has 0 bridgehead atoms. The van der Waals surface area contributed by atoms with Crippen molar-refractivity contribution >= 4 is 5.91 Å². The molecule has 0 spiro atoms. The van der Waals surface area contributed by atoms with Gasteiger partial charge in [0.15, 0.2) is 0 Å². The van der Waals surface area contributed by atoms with Crippen LogP contribution in [0.25, 0.3) is 0 Å². The Kier molecular flexibility index (Phi) is 4.67. The Bertz CT molecular complexity index is 764. The highest BCUT2D eigenvalue weighted by atomic mass is 19.1. The highest BCUT2D eigenvalue weighted by Gasteiger charge is 2.41. The number of ether oxygens (including phenoxy) is 1. The van der Waals surface area contributed by atoms with Gasteiger partial charge in [0, 0.05) is 18.8 Å². The first-order chi connectivity index (χ1) is 11.8. The number of hydrogen-bond donors (Lipinski definition) is 1. The van der Waals surface area contributed by atoms with Crippen molar-refractivity contribution in [3.8, 4) is 5.75 Å². The van der Waals surface area contributed by atoms with Gasteiger partial charge in [-0.1, -0.05) is 6.07 Å². The summed E-state index contributed by atoms with van der Waals surface area (Å²) in [5.74, 6) is -0.374. The summed E-state index contributed by atoms with van der Waals surface area (Å²) in [5, 5.41) is 10.6. The molecule has 0 unspecified atom stereocenters. The minimum absolute atomic E-state index is 0.178. The van der Waals surface area contributed by atoms with E-state index < -0.39 is 17.5 Å². The summed E-state index contributed by atoms with van der Waals surface area (Å²) in [5.41, 5.74) is -0.149. The third kappa shape index (κ3) is 3.93. The van der Waals surface area contributed by atoms with E-state index in [1.54, 1.807) is 24.8 Å². The standard InChI is InChI=1S/C18H20FN3O3/c1-12-9-21-15(10-20-12)17(23)22-7-6-18(2,24)16(11-22)25-14-5-3-4-13(19)8-14/h3-5,8-10,16,24H,6-7,11H2,1-2H3/t16-,18-/m1/s1. The molecule has 0 radical (unpaired) electrons. The first-order valence-corrected chi connectivity index (χ1v) is 8.08. The van der Waals surface area contributed by atoms with Crippen LogP contribution < -0.4 is 4.74 Å². The smallest absolute Gasteiger partial charge is 0.274 e. The van der Waals surface area contributed by atoms with Crippen LogP contribution in [0.3, 0.4) is 0 Å². The van der Waals surface area contributed by atoms with Crippen molar-refractivity contribution in [3.05, 3.63) is 53.9 Å². The second-order valence-corrected chi connectivity index (χ2v) is 6.47. The van der Waals surface area contributed by atoms with Crippen LogP contribution in [-0.4, -0.2) is 50.7 Å². The van der Waals surface area contributed by atoms with Crippen LogP contribution in [0.1, 0.15) is 29.5 Å². The maximum atomic E-state index is 13.4. The molecule has 2 heterocycles. The van der Waals surface area contributed by atoms with Crippen molar-refractivity contribution in [2.45, 2.75) is 32.0 Å². The molecule has 2 atom stereocenters. The number of nitrogens with zero attached hydrogens (tertiary/aromatic N) is 3. The Hall–Kier alpha value is -2.54. The zero-order valence-corrected chi connectivity index (χ0v) is 14.1. The molecule has 0 aliphatic carbocycles. The first-order valence-electron chi connectivity index (χ1n) is 8.08. The number of amides is 1. The number of piperidine rings is 1. The number of aryl methyl sites for hydroxylation is 1. The number of benzene rings is 1. The van der Waals surface area contributed by atoms with Gasteiger partial charge < -0.3 is 14.7 Å². The van der Waals surface area contributed by atoms with Gasteiger partial charge in [-0.15, -0.1) is 0 Å². The topological polar surface area (TPSA) is 75.6 Å². The van der Waals surface area contributed by atoms with E-state index in [0.29, 0.717) is 18.7 Å². The molecule has 3 rings (SSSR count). The molecule has 1 aromatic heterocycles. The Balaban J connectivity index is 1.76. The number of hydrogen-bond acceptors (Lipinski definition) is 5. The van der Waals surface area contributed by atoms with E-state index in [0.717, 1.165) is 5.69 Å². The highest BCUT2D eigenvalue weighted by molar-refractivity contribution is 5.92. The van der Waals surface area contributed by atoms with Crippen molar-refractivity contribution in [3.63, 3.8) is 0 Å². The summed E-state index contributed by atoms with van der Waals surface area (Å²) in [6.07, 6.45) is 2.64. The summed E-state index contributed by atoms with van der Waals surface area (Å²) >= 11 is 0. The number of aromatic nitrogens is 2. The molecular formula is C18H20FN3O3. The van der Waals surface area contributed by atoms with Gasteiger partial charge in [0.25, 0.3) is 5.91 Å². The minimum atomic E-state index is -1.12. The van der Waals surface area contributed by atoms with Crippen molar-refractivity contribution in [2.75, 3.05) is 13.1 Å². The third-order valence-corrected chi connectivity index (χ3v) is 4.33. The summed E-state index contributed by atoms with van der Waals surface area (Å²) in [4.78, 5) is 22.4. The van der Waals surface area contributed by atoms with Crippen molar-refractivity contribution in [2.24, 2.45) is 0 Å². The summed E-state index contributed by atoms with van der Waals surface area (Å²) in [7, 11) is 0. The number of carbonyl (C=O) groups is 1. The molecule has 132 valence electrons. The number of halogens is 1. The van der Waals surface area contributed by atoms with E-state index >= 15 is 0 Å². The fraction of sp³-hybridized carbons (Fsp3) is 0.389. The highest BCUT2D eigenvalue weighted by Crippen LogP contribution is 2.27. The predicted octanol–water partition coefficient (Wildman–Crippen LogP) is 1.97. The number of rotatable bonds is 3. The molecule has 0 saturated carbocycles. The molecule has 1 aliphatic heterocycles. The zero-order chi connectivity index (χ0) is 18.0. The van der Waals surface area contributed by atoms with Gasteiger partial charge in [-0.05, 0) is 32.4 Å². The van der Waals surface area contributed by atoms with E-state index in [1.165, 1.54) is 30.6 Å². The van der Waals surface area contributed by atoms with Crippen molar-refractivity contribution < 1.29 is 19.0 Å². The van der Waals surface area contributed by atoms with E-state index in [4.69, 9.17) is 4.74 Å². The SMILES string of the molecule is Cc1cnc(C(=O)N2CC[C@@](C)(O)[C@H](Oc3cccc(F)c3)C2)cn1. The molecule has 25 heavy (non-hydrogen) atoms. The second-order valence-electron chi connectivity index (χ2n) is 6.47. The molecule has 1 saturated heterocycles. The monoisotopic (exact) mass is 345 g/mol. The second kappa shape index (κ2) is 6.76. The maximum absolute atomic E-state index is 13.4. The lowest BCUT2D eigenvalue weighted by Crippen LogP contribution is -2.57. The Morgan fingerprint density at radius 1 is 1.40 bits per heavy atom. The summed E-state index contributed by atoms with van der Waals surface area (Å²) in [6, 6.07) is 5.72. The molecule has 7 heteroatoms. The molecule has 2 aromatic rings. The van der Waals surface area contributed by atoms with E-state index in [1.807, 2.05) is 0 Å². The average molecular weight is 345 g/mol. The van der Waals surface area contributed by atoms with Crippen LogP contribution in [0.15, 0.2) is 36.7 Å². The van der Waals surface area contributed by atoms with Gasteiger partial charge in [0.05, 0.1) is 18.4 Å². The van der Waals surface area contributed by atoms with Gasteiger partial charge in [-0.3, -0.25) is 9.78 Å². The van der Waals surface area contributed by atoms with Gasteiger partial charge in [-0.2, -0.15) is 0 Å². The van der Waals surface area contributed by atoms with Gasteiger partial charge >= 0.3 is 0 Å². The molecule has 1 amide bonds. The minimum Gasteiger partial charge on any atom is -0.485 e. The number of aliphatic hydroxyl groups is 1. The van der Waals surface area contributed by atoms with Crippen molar-refractivity contribution in [1.29, 1.82) is 0 Å². The van der Waals surface area contributed by atoms with Gasteiger partial charge in [0.2, 0.25) is 0 Å². The molecule has 6 nitrogen and oxygen atoms in total. The van der Waals surface area contributed by atoms with Gasteiger partial charge in [0.1, 0.15) is 29.0 Å². The molecule has 1 fully saturated rings. The molecule has 1 aliphatic rings. The molecule has 1 N–H and O–H groups in total. The number of carbonyl (C=O) groups excluding carboxylic acids is 1. The quantitative estimate of drug-likeness (QED) is 0.920. The van der Waals surface area contributed by atoms with E-state index in [9.17, 15) is 14.3 Å². The fourth-order valence-corrected chi connectivity index (χ4v) is 2.73. The largest absolute Gasteiger partial charge is 0.485 e. The molecular weight excluding hydrogens is 325 g/mol. The van der Waals surface area contributed by atoms with Gasteiger partial charge in [-0.25, -0.2) is 9.37 Å². The number of likely N-dealkylation sites (tertiary alicyclic amines) is 1. The maximum Gasteiger partial charge on any atom is 0.274 e. The van der Waals surface area contributed by atoms with Crippen LogP contribution in [-0.2, 0) is 0 Å². The Morgan fingerprint density at radius 3 is 2.88 bits per heavy atom.